The predicted octanol–water partition coefficient (Wildman–Crippen LogP) is 2.10. The van der Waals surface area contributed by atoms with Crippen LogP contribution in [0.5, 0.6) is 0 Å². The van der Waals surface area contributed by atoms with Crippen LogP contribution in [0.2, 0.25) is 0 Å². The van der Waals surface area contributed by atoms with Gasteiger partial charge in [-0.05, 0) is 31.9 Å². The zero-order chi connectivity index (χ0) is 10.7. The number of hydrogen-bond donors (Lipinski definition) is 0. The van der Waals surface area contributed by atoms with E-state index in [0.29, 0.717) is 5.56 Å². The van der Waals surface area contributed by atoms with Gasteiger partial charge in [0, 0.05) is 5.56 Å². The van der Waals surface area contributed by atoms with Crippen LogP contribution >= 0.6 is 0 Å². The van der Waals surface area contributed by atoms with Gasteiger partial charge in [0.25, 0.3) is 5.78 Å². The molecule has 0 saturated heterocycles. The van der Waals surface area contributed by atoms with Gasteiger partial charge in [-0.25, -0.2) is 0 Å². The summed E-state index contributed by atoms with van der Waals surface area (Å²) in [6.07, 6.45) is 0.921. The lowest BCUT2D eigenvalue weighted by Crippen LogP contribution is -2.06. The van der Waals surface area contributed by atoms with E-state index in [4.69, 9.17) is 5.53 Å². The maximum atomic E-state index is 11.5. The maximum absolute atomic E-state index is 11.5. The highest BCUT2D eigenvalue weighted by atomic mass is 16.1. The monoisotopic (exact) mass is 188 g/mol. The fourth-order valence-electron chi connectivity index (χ4n) is 1.69. The van der Waals surface area contributed by atoms with Crippen LogP contribution in [0.1, 0.15) is 27.0 Å². The smallest absolute Gasteiger partial charge is 0.328 e. The minimum Gasteiger partial charge on any atom is -0.361 e. The molecule has 1 rings (SSSR count). The Balaban J connectivity index is 3.34. The van der Waals surface area contributed by atoms with Gasteiger partial charge in [0.2, 0.25) is 0 Å². The first-order valence-electron chi connectivity index (χ1n) is 4.36. The van der Waals surface area contributed by atoms with E-state index in [1.807, 2.05) is 32.9 Å². The summed E-state index contributed by atoms with van der Waals surface area (Å²) >= 11 is 0. The topological polar surface area (TPSA) is 53.5 Å². The number of ketones is 1. The van der Waals surface area contributed by atoms with Gasteiger partial charge in [-0.2, -0.15) is 4.79 Å². The zero-order valence-corrected chi connectivity index (χ0v) is 8.53. The van der Waals surface area contributed by atoms with E-state index in [1.54, 1.807) is 0 Å². The van der Waals surface area contributed by atoms with Crippen LogP contribution in [0.15, 0.2) is 12.1 Å². The number of hydrogen-bond acceptors (Lipinski definition) is 1. The lowest BCUT2D eigenvalue weighted by molar-refractivity contribution is 0.00233. The van der Waals surface area contributed by atoms with Crippen molar-refractivity contribution in [3.8, 4) is 0 Å². The number of benzene rings is 1. The van der Waals surface area contributed by atoms with Crippen molar-refractivity contribution in [1.82, 2.24) is 0 Å². The molecule has 72 valence electrons. The third-order valence-electron chi connectivity index (χ3n) is 2.10. The number of carbonyl (C=O) groups excluding carboxylic acids is 1. The zero-order valence-electron chi connectivity index (χ0n) is 8.53. The fourth-order valence-corrected chi connectivity index (χ4v) is 1.69. The molecule has 0 aliphatic carbocycles. The highest BCUT2D eigenvalue weighted by Crippen LogP contribution is 2.16. The Morgan fingerprint density at radius 2 is 1.79 bits per heavy atom. The summed E-state index contributed by atoms with van der Waals surface area (Å²) in [6.45, 7) is 5.73. The van der Waals surface area contributed by atoms with Crippen LogP contribution < -0.4 is 0 Å². The van der Waals surface area contributed by atoms with Crippen molar-refractivity contribution in [3.63, 3.8) is 0 Å². The fraction of sp³-hybridized carbons (Fsp3) is 0.273. The van der Waals surface area contributed by atoms with Crippen molar-refractivity contribution < 1.29 is 9.58 Å². The first kappa shape index (κ1) is 10.4. The summed E-state index contributed by atoms with van der Waals surface area (Å²) < 4.78 is 0. The van der Waals surface area contributed by atoms with Crippen molar-refractivity contribution in [1.29, 1.82) is 0 Å². The highest BCUT2D eigenvalue weighted by molar-refractivity contribution is 6.34. The first-order chi connectivity index (χ1) is 6.56. The molecule has 0 aliphatic heterocycles. The van der Waals surface area contributed by atoms with Gasteiger partial charge >= 0.3 is 6.21 Å². The number of rotatable bonds is 2. The van der Waals surface area contributed by atoms with Gasteiger partial charge < -0.3 is 5.53 Å². The Morgan fingerprint density at radius 1 is 1.29 bits per heavy atom. The van der Waals surface area contributed by atoms with E-state index >= 15 is 0 Å². The number of aryl methyl sites for hydroxylation is 3. The predicted molar refractivity (Wildman–Crippen MR) is 54.7 cm³/mol. The second-order valence-electron chi connectivity index (χ2n) is 3.38. The van der Waals surface area contributed by atoms with Crippen LogP contribution in [0.4, 0.5) is 0 Å². The Labute approximate surface area is 83.0 Å². The number of nitrogens with zero attached hydrogens (tertiary/aromatic N) is 2. The average Bonchev–Trinajstić information content (AvgIpc) is 2.01. The third-order valence-corrected chi connectivity index (χ3v) is 2.10. The molecule has 3 heteroatoms. The van der Waals surface area contributed by atoms with Crippen LogP contribution in [0.3, 0.4) is 0 Å². The molecule has 0 N–H and O–H groups in total. The molecule has 0 bridgehead atoms. The molecule has 0 amide bonds. The Bertz CT molecular complexity index is 406. The molecule has 0 aliphatic rings. The molecular weight excluding hydrogens is 176 g/mol. The minimum atomic E-state index is -0.262. The van der Waals surface area contributed by atoms with E-state index in [0.717, 1.165) is 22.9 Å². The standard InChI is InChI=1S/C11H12N2O/c1-7-4-8(2)11(9(3)5-7)10(14)6-13-12/h4-6H,1-3H3. The summed E-state index contributed by atoms with van der Waals surface area (Å²) in [5.41, 5.74) is 11.8. The number of carbonyl (C=O) groups is 1. The molecule has 0 spiro atoms. The summed E-state index contributed by atoms with van der Waals surface area (Å²) in [7, 11) is 0. The van der Waals surface area contributed by atoms with Crippen LogP contribution in [-0.2, 0) is 0 Å². The summed E-state index contributed by atoms with van der Waals surface area (Å²) in [5, 5.41) is 0. The van der Waals surface area contributed by atoms with Crippen molar-refractivity contribution in [3.05, 3.63) is 39.9 Å². The van der Waals surface area contributed by atoms with Gasteiger partial charge in [0.15, 0.2) is 0 Å². The number of Topliss-reactive ketones (excluding diaryl/α,β-unsaturated/α-hetero) is 1. The van der Waals surface area contributed by atoms with E-state index < -0.39 is 0 Å². The van der Waals surface area contributed by atoms with Crippen molar-refractivity contribution in [2.24, 2.45) is 0 Å². The van der Waals surface area contributed by atoms with Gasteiger partial charge in [-0.1, -0.05) is 17.7 Å². The first-order valence-corrected chi connectivity index (χ1v) is 4.36. The summed E-state index contributed by atoms with van der Waals surface area (Å²) in [5.74, 6) is -0.262. The van der Waals surface area contributed by atoms with E-state index in [2.05, 4.69) is 4.79 Å². The van der Waals surface area contributed by atoms with Gasteiger partial charge in [-0.3, -0.25) is 4.79 Å². The van der Waals surface area contributed by atoms with Crippen molar-refractivity contribution in [2.75, 3.05) is 0 Å². The van der Waals surface area contributed by atoms with Gasteiger partial charge in [0.05, 0.1) is 0 Å². The molecule has 0 saturated carbocycles. The van der Waals surface area contributed by atoms with Crippen LogP contribution in [0.25, 0.3) is 5.53 Å². The molecule has 0 radical (unpaired) electrons. The Hall–Kier alpha value is -1.73. The SMILES string of the molecule is Cc1cc(C)c(C(=O)C=[N+]=[N-])c(C)c1. The van der Waals surface area contributed by atoms with E-state index in [-0.39, 0.29) is 5.78 Å². The second-order valence-corrected chi connectivity index (χ2v) is 3.38. The molecule has 3 nitrogen and oxygen atoms in total. The lowest BCUT2D eigenvalue weighted by atomic mass is 9.97. The summed E-state index contributed by atoms with van der Waals surface area (Å²) in [4.78, 5) is 14.2. The average molecular weight is 188 g/mol. The molecule has 1 aromatic carbocycles. The normalized spacial score (nSPS) is 9.36. The Kier molecular flexibility index (Phi) is 2.95. The molecule has 0 heterocycles. The van der Waals surface area contributed by atoms with Crippen molar-refractivity contribution >= 4 is 12.0 Å². The largest absolute Gasteiger partial charge is 0.361 e. The highest BCUT2D eigenvalue weighted by Gasteiger charge is 2.13. The second kappa shape index (κ2) is 3.99. The molecule has 0 unspecified atom stereocenters. The quantitative estimate of drug-likeness (QED) is 0.303. The maximum Gasteiger partial charge on any atom is 0.328 e. The van der Waals surface area contributed by atoms with E-state index in [9.17, 15) is 4.79 Å². The molecule has 0 fully saturated rings. The minimum absolute atomic E-state index is 0.262. The lowest BCUT2D eigenvalue weighted by Gasteiger charge is -2.05. The molecule has 0 atom stereocenters. The van der Waals surface area contributed by atoms with Crippen LogP contribution in [-0.4, -0.2) is 16.8 Å². The van der Waals surface area contributed by atoms with Crippen molar-refractivity contribution in [2.45, 2.75) is 20.8 Å². The third kappa shape index (κ3) is 1.95. The van der Waals surface area contributed by atoms with Crippen LogP contribution in [0, 0.1) is 20.8 Å². The van der Waals surface area contributed by atoms with E-state index in [1.165, 1.54) is 0 Å². The summed E-state index contributed by atoms with van der Waals surface area (Å²) in [6, 6.07) is 3.87. The van der Waals surface area contributed by atoms with Gasteiger partial charge in [0.1, 0.15) is 0 Å². The Morgan fingerprint density at radius 3 is 2.21 bits per heavy atom. The molecule has 1 aromatic rings. The molecular formula is C11H12N2O. The molecule has 14 heavy (non-hydrogen) atoms. The van der Waals surface area contributed by atoms with Gasteiger partial charge in [-0.15, -0.1) is 0 Å². The molecule has 0 aromatic heterocycles.